The molecular formula is C30H31F2N3O4S. The lowest BCUT2D eigenvalue weighted by atomic mass is 9.66. The van der Waals surface area contributed by atoms with Gasteiger partial charge in [-0.3, -0.25) is 13.9 Å². The van der Waals surface area contributed by atoms with Crippen LogP contribution in [0.4, 0.5) is 20.2 Å². The number of carbonyl (C=O) groups is 2. The Hall–Kier alpha value is -3.79. The molecule has 0 radical (unpaired) electrons. The van der Waals surface area contributed by atoms with Crippen molar-refractivity contribution >= 4 is 33.2 Å². The van der Waals surface area contributed by atoms with E-state index in [1.165, 1.54) is 41.6 Å². The molecule has 40 heavy (non-hydrogen) atoms. The summed E-state index contributed by atoms with van der Waals surface area (Å²) in [4.78, 5) is 26.8. The zero-order chi connectivity index (χ0) is 28.8. The second kappa shape index (κ2) is 10.3. The lowest BCUT2D eigenvalue weighted by molar-refractivity contribution is -0.130. The fourth-order valence-electron chi connectivity index (χ4n) is 6.27. The fraction of sp³-hybridized carbons (Fsp3) is 0.333. The Morgan fingerprint density at radius 1 is 0.950 bits per heavy atom. The molecule has 0 aromatic heterocycles. The predicted octanol–water partition coefficient (Wildman–Crippen LogP) is 5.33. The number of likely N-dealkylation sites (tertiary alicyclic amines) is 1. The molecule has 0 bridgehead atoms. The molecule has 10 heteroatoms. The molecule has 1 saturated heterocycles. The zero-order valence-electron chi connectivity index (χ0n) is 22.5. The van der Waals surface area contributed by atoms with Crippen molar-refractivity contribution in [2.24, 2.45) is 5.92 Å². The largest absolute Gasteiger partial charge is 0.343 e. The van der Waals surface area contributed by atoms with E-state index >= 15 is 0 Å². The third-order valence-electron chi connectivity index (χ3n) is 8.04. The first-order valence-electron chi connectivity index (χ1n) is 13.2. The minimum Gasteiger partial charge on any atom is -0.343 e. The van der Waals surface area contributed by atoms with E-state index in [0.717, 1.165) is 23.8 Å². The number of carbonyl (C=O) groups excluding carboxylic acids is 2. The molecule has 7 nitrogen and oxygen atoms in total. The van der Waals surface area contributed by atoms with Gasteiger partial charge in [0.25, 0.3) is 15.9 Å². The minimum absolute atomic E-state index is 0.0211. The summed E-state index contributed by atoms with van der Waals surface area (Å²) in [6, 6.07) is 14.8. The number of nitrogens with one attached hydrogen (secondary N) is 1. The normalized spacial score (nSPS) is 18.2. The number of sulfonamides is 1. The van der Waals surface area contributed by atoms with Gasteiger partial charge in [-0.1, -0.05) is 19.9 Å². The number of halogens is 2. The van der Waals surface area contributed by atoms with Crippen LogP contribution in [0.15, 0.2) is 71.6 Å². The maximum Gasteiger partial charge on any atom is 0.264 e. The van der Waals surface area contributed by atoms with E-state index in [0.29, 0.717) is 37.3 Å². The van der Waals surface area contributed by atoms with E-state index in [9.17, 15) is 26.8 Å². The highest BCUT2D eigenvalue weighted by atomic mass is 32.2. The average molecular weight is 568 g/mol. The molecule has 5 rings (SSSR count). The second-order valence-electron chi connectivity index (χ2n) is 10.8. The van der Waals surface area contributed by atoms with E-state index in [-0.39, 0.29) is 22.3 Å². The number of benzene rings is 3. The molecular weight excluding hydrogens is 536 g/mol. The summed E-state index contributed by atoms with van der Waals surface area (Å²) in [6.07, 6.45) is 1.05. The second-order valence-corrected chi connectivity index (χ2v) is 12.6. The smallest absolute Gasteiger partial charge is 0.264 e. The number of nitrogens with zero attached hydrogens (tertiary/aromatic N) is 2. The molecule has 210 valence electrons. The molecule has 2 heterocycles. The van der Waals surface area contributed by atoms with Gasteiger partial charge < -0.3 is 10.2 Å². The van der Waals surface area contributed by atoms with Crippen molar-refractivity contribution in [3.8, 4) is 0 Å². The van der Waals surface area contributed by atoms with Crippen molar-refractivity contribution in [1.29, 1.82) is 0 Å². The highest BCUT2D eigenvalue weighted by Crippen LogP contribution is 2.55. The Balaban J connectivity index is 1.62. The molecule has 1 spiro atoms. The van der Waals surface area contributed by atoms with Crippen LogP contribution in [0.25, 0.3) is 0 Å². The number of rotatable bonds is 5. The van der Waals surface area contributed by atoms with Crippen LogP contribution < -0.4 is 9.62 Å². The van der Waals surface area contributed by atoms with Crippen LogP contribution in [-0.4, -0.2) is 44.3 Å². The highest BCUT2D eigenvalue weighted by Gasteiger charge is 2.56. The Kier molecular flexibility index (Phi) is 7.16. The molecule has 3 aromatic rings. The van der Waals surface area contributed by atoms with Crippen molar-refractivity contribution in [2.45, 2.75) is 50.0 Å². The van der Waals surface area contributed by atoms with Crippen molar-refractivity contribution in [1.82, 2.24) is 4.90 Å². The van der Waals surface area contributed by atoms with Gasteiger partial charge >= 0.3 is 0 Å². The van der Waals surface area contributed by atoms with Gasteiger partial charge in [-0.25, -0.2) is 17.2 Å². The Labute approximate surface area is 232 Å². The number of amides is 2. The molecule has 1 atom stereocenters. The van der Waals surface area contributed by atoms with Crippen molar-refractivity contribution in [3.05, 3.63) is 89.5 Å². The van der Waals surface area contributed by atoms with Gasteiger partial charge in [0, 0.05) is 36.7 Å². The van der Waals surface area contributed by atoms with E-state index < -0.39 is 39.0 Å². The Morgan fingerprint density at radius 3 is 2.23 bits per heavy atom. The first-order chi connectivity index (χ1) is 18.9. The molecule has 1 fully saturated rings. The Morgan fingerprint density at radius 2 is 1.62 bits per heavy atom. The summed E-state index contributed by atoms with van der Waals surface area (Å²) in [7, 11) is -4.09. The number of hydrogen-bond donors (Lipinski definition) is 1. The zero-order valence-corrected chi connectivity index (χ0v) is 23.3. The topological polar surface area (TPSA) is 86.8 Å². The van der Waals surface area contributed by atoms with E-state index in [4.69, 9.17) is 0 Å². The summed E-state index contributed by atoms with van der Waals surface area (Å²) in [5.41, 5.74) is 1.22. The third kappa shape index (κ3) is 4.74. The molecule has 2 amide bonds. The number of anilines is 2. The summed E-state index contributed by atoms with van der Waals surface area (Å²) >= 11 is 0. The third-order valence-corrected chi connectivity index (χ3v) is 9.85. The van der Waals surface area contributed by atoms with Crippen molar-refractivity contribution in [2.75, 3.05) is 22.7 Å². The van der Waals surface area contributed by atoms with Gasteiger partial charge in [0.2, 0.25) is 5.91 Å². The predicted molar refractivity (Wildman–Crippen MR) is 149 cm³/mol. The number of fused-ring (bicyclic) bond motifs is 2. The van der Waals surface area contributed by atoms with E-state index in [1.54, 1.807) is 23.1 Å². The first-order valence-corrected chi connectivity index (χ1v) is 14.6. The number of piperidine rings is 1. The van der Waals surface area contributed by atoms with Crippen LogP contribution in [-0.2, 0) is 20.2 Å². The van der Waals surface area contributed by atoms with Crippen LogP contribution in [0.2, 0.25) is 0 Å². The monoisotopic (exact) mass is 567 g/mol. The standard InChI is InChI=1S/C30H31F2N3O4S/c1-19(2)28-30(13-15-34(16-14-30)20(3)36)26-18-24(33-29(37)21-5-4-6-23(32)17-21)9-12-27(26)35(28)40(38,39)25-10-7-22(31)8-11-25/h4-12,17-19,28H,13-16H2,1-3H3,(H,33,37). The molecule has 0 aliphatic carbocycles. The maximum absolute atomic E-state index is 14.1. The molecule has 1 unspecified atom stereocenters. The van der Waals surface area contributed by atoms with Gasteiger partial charge in [-0.05, 0) is 85.0 Å². The van der Waals surface area contributed by atoms with E-state index in [1.807, 2.05) is 13.8 Å². The van der Waals surface area contributed by atoms with Crippen LogP contribution in [0, 0.1) is 17.6 Å². The van der Waals surface area contributed by atoms with Gasteiger partial charge in [-0.15, -0.1) is 0 Å². The van der Waals surface area contributed by atoms with Crippen molar-refractivity contribution in [3.63, 3.8) is 0 Å². The van der Waals surface area contributed by atoms with Gasteiger partial charge in [-0.2, -0.15) is 0 Å². The van der Waals surface area contributed by atoms with Gasteiger partial charge in [0.1, 0.15) is 11.6 Å². The van der Waals surface area contributed by atoms with Gasteiger partial charge in [0.15, 0.2) is 0 Å². The minimum atomic E-state index is -4.09. The lowest BCUT2D eigenvalue weighted by Crippen LogP contribution is -2.55. The van der Waals surface area contributed by atoms with Gasteiger partial charge in [0.05, 0.1) is 16.6 Å². The molecule has 2 aliphatic rings. The SMILES string of the molecule is CC(=O)N1CCC2(CC1)c1cc(NC(=O)c3cccc(F)c3)ccc1N(S(=O)(=O)c1ccc(F)cc1)C2C(C)C. The molecule has 2 aliphatic heterocycles. The quantitative estimate of drug-likeness (QED) is 0.452. The van der Waals surface area contributed by atoms with E-state index in [2.05, 4.69) is 5.32 Å². The molecule has 1 N–H and O–H groups in total. The summed E-state index contributed by atoms with van der Waals surface area (Å²) in [5.74, 6) is -1.71. The van der Waals surface area contributed by atoms with Crippen LogP contribution in [0.1, 0.15) is 49.5 Å². The number of hydrogen-bond acceptors (Lipinski definition) is 4. The average Bonchev–Trinajstić information content (AvgIpc) is 3.19. The Bertz CT molecular complexity index is 1570. The summed E-state index contributed by atoms with van der Waals surface area (Å²) in [6.45, 7) is 6.38. The van der Waals surface area contributed by atoms with Crippen molar-refractivity contribution < 1.29 is 26.8 Å². The summed E-state index contributed by atoms with van der Waals surface area (Å²) < 4.78 is 57.1. The van der Waals surface area contributed by atoms with Crippen LogP contribution >= 0.6 is 0 Å². The maximum atomic E-state index is 14.1. The highest BCUT2D eigenvalue weighted by molar-refractivity contribution is 7.92. The van der Waals surface area contributed by atoms with Crippen LogP contribution in [0.5, 0.6) is 0 Å². The fourth-order valence-corrected chi connectivity index (χ4v) is 8.13. The lowest BCUT2D eigenvalue weighted by Gasteiger charge is -2.46. The summed E-state index contributed by atoms with van der Waals surface area (Å²) in [5, 5.41) is 2.82. The molecule has 0 saturated carbocycles. The first kappa shape index (κ1) is 27.8. The molecule has 3 aromatic carbocycles. The van der Waals surface area contributed by atoms with Crippen LogP contribution in [0.3, 0.4) is 0 Å².